The van der Waals surface area contributed by atoms with E-state index in [1.54, 1.807) is 21.3 Å². The molecule has 2 aromatic rings. The summed E-state index contributed by atoms with van der Waals surface area (Å²) in [5.74, 6) is 3.12. The highest BCUT2D eigenvalue weighted by Gasteiger charge is 2.38. The van der Waals surface area contributed by atoms with Crippen molar-refractivity contribution < 1.29 is 28.5 Å². The summed E-state index contributed by atoms with van der Waals surface area (Å²) in [7, 11) is 4.94. The molecule has 2 saturated heterocycles. The van der Waals surface area contributed by atoms with Gasteiger partial charge in [-0.05, 0) is 79.5 Å². The number of hydrogen-bond donors (Lipinski definition) is 1. The predicted molar refractivity (Wildman–Crippen MR) is 144 cm³/mol. The second-order valence-electron chi connectivity index (χ2n) is 9.02. The Labute approximate surface area is 223 Å². The van der Waals surface area contributed by atoms with Crippen LogP contribution in [-0.4, -0.2) is 87.3 Å². The van der Waals surface area contributed by atoms with Gasteiger partial charge in [-0.25, -0.2) is 4.79 Å². The number of methoxy groups -OCH3 is 3. The molecule has 37 heavy (non-hydrogen) atoms. The lowest BCUT2D eigenvalue weighted by atomic mass is 10.0. The lowest BCUT2D eigenvalue weighted by Gasteiger charge is -2.37. The largest absolute Gasteiger partial charge is 0.497 e. The average Bonchev–Trinajstić information content (AvgIpc) is 3.32. The van der Waals surface area contributed by atoms with Crippen LogP contribution in [0.15, 0.2) is 42.5 Å². The zero-order valence-electron chi connectivity index (χ0n) is 21.6. The van der Waals surface area contributed by atoms with E-state index in [-0.39, 0.29) is 18.2 Å². The molecule has 2 aromatic carbocycles. The molecule has 1 atom stereocenters. The van der Waals surface area contributed by atoms with Gasteiger partial charge in [0.25, 0.3) is 0 Å². The Balaban J connectivity index is 1.19. The SMILES string of the molecule is COc1ccc(OCC2CN(C3CCN(C(=S)NCCc4cc(OC)ccc4OC)CC3)C(=O)O2)cc1. The Bertz CT molecular complexity index is 1060. The minimum absolute atomic E-state index is 0.138. The van der Waals surface area contributed by atoms with E-state index in [4.69, 9.17) is 35.9 Å². The summed E-state index contributed by atoms with van der Waals surface area (Å²) in [6.07, 6.45) is 1.88. The van der Waals surface area contributed by atoms with Gasteiger partial charge in [-0.1, -0.05) is 0 Å². The quantitative estimate of drug-likeness (QED) is 0.465. The van der Waals surface area contributed by atoms with Crippen molar-refractivity contribution >= 4 is 23.4 Å². The van der Waals surface area contributed by atoms with Crippen molar-refractivity contribution in [2.24, 2.45) is 0 Å². The number of rotatable bonds is 10. The van der Waals surface area contributed by atoms with Gasteiger partial charge >= 0.3 is 6.09 Å². The minimum Gasteiger partial charge on any atom is -0.497 e. The third-order valence-corrected chi connectivity index (χ3v) is 7.15. The molecular formula is C27H35N3O6S. The molecule has 0 spiro atoms. The van der Waals surface area contributed by atoms with Gasteiger partial charge in [0.1, 0.15) is 29.6 Å². The van der Waals surface area contributed by atoms with Crippen molar-refractivity contribution in [2.45, 2.75) is 31.4 Å². The summed E-state index contributed by atoms with van der Waals surface area (Å²) in [4.78, 5) is 16.5. The van der Waals surface area contributed by atoms with Gasteiger partial charge in [0, 0.05) is 25.7 Å². The van der Waals surface area contributed by atoms with E-state index in [0.29, 0.717) is 19.7 Å². The van der Waals surface area contributed by atoms with E-state index >= 15 is 0 Å². The molecule has 2 aliphatic heterocycles. The van der Waals surface area contributed by atoms with Gasteiger partial charge in [0.05, 0.1) is 27.9 Å². The maximum atomic E-state index is 12.5. The maximum Gasteiger partial charge on any atom is 0.410 e. The van der Waals surface area contributed by atoms with Crippen LogP contribution in [0.5, 0.6) is 23.0 Å². The van der Waals surface area contributed by atoms with Crippen LogP contribution < -0.4 is 24.3 Å². The molecule has 1 unspecified atom stereocenters. The van der Waals surface area contributed by atoms with E-state index < -0.39 is 0 Å². The highest BCUT2D eigenvalue weighted by atomic mass is 32.1. The van der Waals surface area contributed by atoms with E-state index in [2.05, 4.69) is 10.2 Å². The second kappa shape index (κ2) is 12.7. The van der Waals surface area contributed by atoms with Gasteiger partial charge in [-0.2, -0.15) is 0 Å². The summed E-state index contributed by atoms with van der Waals surface area (Å²) >= 11 is 5.64. The van der Waals surface area contributed by atoms with Crippen molar-refractivity contribution in [3.8, 4) is 23.0 Å². The number of benzene rings is 2. The lowest BCUT2D eigenvalue weighted by molar-refractivity contribution is 0.0997. The number of cyclic esters (lactones) is 1. The highest BCUT2D eigenvalue weighted by molar-refractivity contribution is 7.80. The van der Waals surface area contributed by atoms with Crippen LogP contribution in [0, 0.1) is 0 Å². The first-order valence-corrected chi connectivity index (χ1v) is 12.9. The van der Waals surface area contributed by atoms with Gasteiger partial charge in [0.2, 0.25) is 0 Å². The number of likely N-dealkylation sites (tertiary alicyclic amines) is 1. The molecule has 0 bridgehead atoms. The predicted octanol–water partition coefficient (Wildman–Crippen LogP) is 3.49. The smallest absolute Gasteiger partial charge is 0.410 e. The number of carbonyl (C=O) groups is 1. The van der Waals surface area contributed by atoms with Gasteiger partial charge in [0.15, 0.2) is 11.2 Å². The van der Waals surface area contributed by atoms with Crippen LogP contribution >= 0.6 is 12.2 Å². The molecule has 200 valence electrons. The average molecular weight is 530 g/mol. The molecule has 10 heteroatoms. The third-order valence-electron chi connectivity index (χ3n) is 6.75. The Kier molecular flexibility index (Phi) is 9.16. The number of ether oxygens (including phenoxy) is 5. The number of nitrogens with one attached hydrogen (secondary N) is 1. The number of nitrogens with zero attached hydrogens (tertiary/aromatic N) is 2. The van der Waals surface area contributed by atoms with E-state index in [1.807, 2.05) is 47.4 Å². The van der Waals surface area contributed by atoms with Crippen LogP contribution in [0.3, 0.4) is 0 Å². The molecule has 2 aliphatic rings. The fourth-order valence-electron chi connectivity index (χ4n) is 4.66. The van der Waals surface area contributed by atoms with Crippen LogP contribution in [-0.2, 0) is 11.2 Å². The fourth-order valence-corrected chi connectivity index (χ4v) is 4.95. The molecule has 0 aromatic heterocycles. The Hall–Kier alpha value is -3.40. The fraction of sp³-hybridized carbons (Fsp3) is 0.481. The standard InChI is InChI=1S/C27H35N3O6S/c1-32-21-4-6-22(7-5-21)35-18-24-17-30(27(31)36-24)20-11-14-29(15-12-20)26(37)28-13-10-19-16-23(33-2)8-9-25(19)34-3/h4-9,16,20,24H,10-15,17-18H2,1-3H3,(H,28,37). The van der Waals surface area contributed by atoms with Crippen molar-refractivity contribution in [3.63, 3.8) is 0 Å². The molecule has 0 radical (unpaired) electrons. The molecule has 0 aliphatic carbocycles. The van der Waals surface area contributed by atoms with Crippen LogP contribution in [0.25, 0.3) is 0 Å². The number of piperidine rings is 1. The number of carbonyl (C=O) groups excluding carboxylic acids is 1. The van der Waals surface area contributed by atoms with Crippen molar-refractivity contribution in [1.82, 2.24) is 15.1 Å². The summed E-state index contributed by atoms with van der Waals surface area (Å²) in [5.41, 5.74) is 1.06. The van der Waals surface area contributed by atoms with Crippen LogP contribution in [0.4, 0.5) is 4.79 Å². The first kappa shape index (κ1) is 26.7. The van der Waals surface area contributed by atoms with Crippen LogP contribution in [0.1, 0.15) is 18.4 Å². The normalized spacial score (nSPS) is 17.8. The monoisotopic (exact) mass is 529 g/mol. The number of hydrogen-bond acceptors (Lipinski definition) is 7. The van der Waals surface area contributed by atoms with Gasteiger partial charge in [-0.3, -0.25) is 0 Å². The summed E-state index contributed by atoms with van der Waals surface area (Å²) in [5, 5.41) is 4.09. The summed E-state index contributed by atoms with van der Waals surface area (Å²) in [6.45, 7) is 3.12. The second-order valence-corrected chi connectivity index (χ2v) is 9.41. The topological polar surface area (TPSA) is 81.7 Å². The highest BCUT2D eigenvalue weighted by Crippen LogP contribution is 2.25. The summed E-state index contributed by atoms with van der Waals surface area (Å²) < 4.78 is 27.3. The molecule has 0 saturated carbocycles. The van der Waals surface area contributed by atoms with E-state index in [1.165, 1.54) is 0 Å². The zero-order valence-corrected chi connectivity index (χ0v) is 22.4. The zero-order chi connectivity index (χ0) is 26.2. The van der Waals surface area contributed by atoms with Crippen molar-refractivity contribution in [1.29, 1.82) is 0 Å². The Morgan fingerprint density at radius 2 is 1.68 bits per heavy atom. The number of amides is 1. The lowest BCUT2D eigenvalue weighted by Crippen LogP contribution is -2.50. The van der Waals surface area contributed by atoms with Gasteiger partial charge < -0.3 is 38.8 Å². The molecule has 2 heterocycles. The Morgan fingerprint density at radius 3 is 2.35 bits per heavy atom. The molecule has 4 rings (SSSR count). The first-order valence-electron chi connectivity index (χ1n) is 12.5. The van der Waals surface area contributed by atoms with E-state index in [0.717, 1.165) is 66.0 Å². The molecule has 1 amide bonds. The van der Waals surface area contributed by atoms with E-state index in [9.17, 15) is 4.79 Å². The molecular weight excluding hydrogens is 494 g/mol. The van der Waals surface area contributed by atoms with Crippen molar-refractivity contribution in [2.75, 3.05) is 54.1 Å². The summed E-state index contributed by atoms with van der Waals surface area (Å²) in [6, 6.07) is 13.3. The number of thiocarbonyl (C=S) groups is 1. The van der Waals surface area contributed by atoms with Crippen molar-refractivity contribution in [3.05, 3.63) is 48.0 Å². The third kappa shape index (κ3) is 6.88. The van der Waals surface area contributed by atoms with Crippen LogP contribution in [0.2, 0.25) is 0 Å². The Morgan fingerprint density at radius 1 is 1.00 bits per heavy atom. The maximum absolute atomic E-state index is 12.5. The van der Waals surface area contributed by atoms with Gasteiger partial charge in [-0.15, -0.1) is 0 Å². The first-order chi connectivity index (χ1) is 18.0. The molecule has 1 N–H and O–H groups in total. The molecule has 2 fully saturated rings. The molecule has 9 nitrogen and oxygen atoms in total. The minimum atomic E-state index is -0.288.